The first kappa shape index (κ1) is 15.2. The maximum Gasteiger partial charge on any atom is 0.0929 e. The lowest BCUT2D eigenvalue weighted by Crippen LogP contribution is -2.08. The summed E-state index contributed by atoms with van der Waals surface area (Å²) in [5.41, 5.74) is 7.37. The van der Waals surface area contributed by atoms with Gasteiger partial charge in [-0.1, -0.05) is 72.5 Å². The van der Waals surface area contributed by atoms with Crippen molar-refractivity contribution in [2.24, 2.45) is 0 Å². The molecule has 0 atom stereocenters. The van der Waals surface area contributed by atoms with Crippen LogP contribution in [0, 0.1) is 13.8 Å². The molecule has 1 aliphatic rings. The summed E-state index contributed by atoms with van der Waals surface area (Å²) in [6.45, 7) is 4.26. The van der Waals surface area contributed by atoms with E-state index in [1.165, 1.54) is 53.6 Å². The minimum atomic E-state index is 0.542. The first-order valence-corrected chi connectivity index (χ1v) is 8.94. The molecule has 2 aromatic carbocycles. The molecule has 0 radical (unpaired) electrons. The normalized spacial score (nSPS) is 15.1. The number of hydrogen-bond acceptors (Lipinski definition) is 1. The molecule has 0 unspecified atom stereocenters. The summed E-state index contributed by atoms with van der Waals surface area (Å²) in [7, 11) is 0. The molecule has 1 aliphatic carbocycles. The van der Waals surface area contributed by atoms with E-state index in [9.17, 15) is 0 Å². The van der Waals surface area contributed by atoms with Gasteiger partial charge in [0.05, 0.1) is 17.4 Å². The van der Waals surface area contributed by atoms with Gasteiger partial charge in [0.2, 0.25) is 0 Å². The number of rotatable bonds is 3. The standard InChI is InChI=1S/C22H24N2/c1-16-7-11-18(12-8-16)21-15-22(19-13-9-17(2)10-14-19)24(23-21)20-5-3-4-6-20/h7-15,20H,3-6H2,1-2H3. The Hall–Kier alpha value is -2.35. The van der Waals surface area contributed by atoms with Crippen LogP contribution in [-0.2, 0) is 0 Å². The van der Waals surface area contributed by atoms with Gasteiger partial charge in [-0.25, -0.2) is 0 Å². The van der Waals surface area contributed by atoms with Crippen molar-refractivity contribution in [2.75, 3.05) is 0 Å². The Kier molecular flexibility index (Phi) is 3.97. The van der Waals surface area contributed by atoms with Crippen LogP contribution in [0.3, 0.4) is 0 Å². The second-order valence-electron chi connectivity index (χ2n) is 7.03. The molecule has 2 heteroatoms. The van der Waals surface area contributed by atoms with Crippen LogP contribution >= 0.6 is 0 Å². The van der Waals surface area contributed by atoms with Gasteiger partial charge < -0.3 is 0 Å². The molecular formula is C22H24N2. The molecule has 0 saturated heterocycles. The van der Waals surface area contributed by atoms with Crippen molar-refractivity contribution in [3.8, 4) is 22.5 Å². The fourth-order valence-corrected chi connectivity index (χ4v) is 3.63. The number of benzene rings is 2. The Balaban J connectivity index is 1.80. The Bertz CT molecular complexity index is 819. The van der Waals surface area contributed by atoms with Crippen molar-refractivity contribution < 1.29 is 0 Å². The zero-order valence-electron chi connectivity index (χ0n) is 14.5. The van der Waals surface area contributed by atoms with Crippen LogP contribution in [-0.4, -0.2) is 9.78 Å². The van der Waals surface area contributed by atoms with Crippen molar-refractivity contribution in [3.05, 3.63) is 65.7 Å². The molecule has 24 heavy (non-hydrogen) atoms. The summed E-state index contributed by atoms with van der Waals surface area (Å²) in [6, 6.07) is 20.3. The van der Waals surface area contributed by atoms with E-state index < -0.39 is 0 Å². The van der Waals surface area contributed by atoms with Crippen LogP contribution in [0.5, 0.6) is 0 Å². The highest BCUT2D eigenvalue weighted by Gasteiger charge is 2.22. The van der Waals surface area contributed by atoms with Crippen LogP contribution in [0.25, 0.3) is 22.5 Å². The quantitative estimate of drug-likeness (QED) is 0.584. The highest BCUT2D eigenvalue weighted by Crippen LogP contribution is 2.35. The average molecular weight is 316 g/mol. The van der Waals surface area contributed by atoms with Gasteiger partial charge in [0.15, 0.2) is 0 Å². The topological polar surface area (TPSA) is 17.8 Å². The van der Waals surface area contributed by atoms with Gasteiger partial charge in [-0.05, 0) is 38.3 Å². The smallest absolute Gasteiger partial charge is 0.0929 e. The number of aryl methyl sites for hydroxylation is 2. The van der Waals surface area contributed by atoms with Crippen LogP contribution in [0.15, 0.2) is 54.6 Å². The lowest BCUT2D eigenvalue weighted by atomic mass is 10.1. The van der Waals surface area contributed by atoms with Crippen LogP contribution < -0.4 is 0 Å². The third-order valence-corrected chi connectivity index (χ3v) is 5.10. The molecule has 1 fully saturated rings. The second-order valence-corrected chi connectivity index (χ2v) is 7.03. The molecule has 0 bridgehead atoms. The predicted molar refractivity (Wildman–Crippen MR) is 100 cm³/mol. The summed E-state index contributed by atoms with van der Waals surface area (Å²) < 4.78 is 2.28. The Morgan fingerprint density at radius 1 is 0.792 bits per heavy atom. The Morgan fingerprint density at radius 2 is 1.33 bits per heavy atom. The van der Waals surface area contributed by atoms with Gasteiger partial charge in [-0.15, -0.1) is 0 Å². The van der Waals surface area contributed by atoms with E-state index in [1.54, 1.807) is 0 Å². The first-order valence-electron chi connectivity index (χ1n) is 8.94. The molecule has 3 aromatic rings. The fourth-order valence-electron chi connectivity index (χ4n) is 3.63. The van der Waals surface area contributed by atoms with Crippen LogP contribution in [0.2, 0.25) is 0 Å². The first-order chi connectivity index (χ1) is 11.7. The molecule has 0 aliphatic heterocycles. The van der Waals surface area contributed by atoms with Gasteiger partial charge in [-0.3, -0.25) is 4.68 Å². The highest BCUT2D eigenvalue weighted by atomic mass is 15.3. The largest absolute Gasteiger partial charge is 0.261 e. The van der Waals surface area contributed by atoms with E-state index in [0.717, 1.165) is 5.69 Å². The fraction of sp³-hybridized carbons (Fsp3) is 0.318. The van der Waals surface area contributed by atoms with Gasteiger partial charge in [0, 0.05) is 5.56 Å². The minimum absolute atomic E-state index is 0.542. The maximum absolute atomic E-state index is 5.01. The van der Waals surface area contributed by atoms with Crippen molar-refractivity contribution >= 4 is 0 Å². The minimum Gasteiger partial charge on any atom is -0.261 e. The third-order valence-electron chi connectivity index (χ3n) is 5.10. The van der Waals surface area contributed by atoms with Crippen LogP contribution in [0.1, 0.15) is 42.9 Å². The summed E-state index contributed by atoms with van der Waals surface area (Å²) in [5, 5.41) is 5.01. The van der Waals surface area contributed by atoms with Crippen molar-refractivity contribution in [3.63, 3.8) is 0 Å². The average Bonchev–Trinajstić information content (AvgIpc) is 3.25. The molecule has 1 heterocycles. The lowest BCUT2D eigenvalue weighted by molar-refractivity contribution is 0.473. The van der Waals surface area contributed by atoms with E-state index in [1.807, 2.05) is 0 Å². The number of nitrogens with zero attached hydrogens (tertiary/aromatic N) is 2. The van der Waals surface area contributed by atoms with Gasteiger partial charge in [0.1, 0.15) is 0 Å². The molecule has 0 spiro atoms. The molecular weight excluding hydrogens is 292 g/mol. The number of hydrogen-bond donors (Lipinski definition) is 0. The predicted octanol–water partition coefficient (Wildman–Crippen LogP) is 5.95. The molecule has 122 valence electrons. The summed E-state index contributed by atoms with van der Waals surface area (Å²) >= 11 is 0. The Morgan fingerprint density at radius 3 is 1.92 bits per heavy atom. The van der Waals surface area contributed by atoms with Gasteiger partial charge in [-0.2, -0.15) is 5.10 Å². The van der Waals surface area contributed by atoms with E-state index in [4.69, 9.17) is 5.10 Å². The van der Waals surface area contributed by atoms with Gasteiger partial charge >= 0.3 is 0 Å². The monoisotopic (exact) mass is 316 g/mol. The zero-order chi connectivity index (χ0) is 16.5. The van der Waals surface area contributed by atoms with Crippen LogP contribution in [0.4, 0.5) is 0 Å². The SMILES string of the molecule is Cc1ccc(-c2cc(-c3ccc(C)cc3)n(C3CCCC3)n2)cc1. The lowest BCUT2D eigenvalue weighted by Gasteiger charge is -2.14. The molecule has 1 saturated carbocycles. The zero-order valence-corrected chi connectivity index (χ0v) is 14.5. The Labute approximate surface area is 144 Å². The molecule has 2 nitrogen and oxygen atoms in total. The summed E-state index contributed by atoms with van der Waals surface area (Å²) in [5.74, 6) is 0. The van der Waals surface area contributed by atoms with E-state index in [0.29, 0.717) is 6.04 Å². The number of aromatic nitrogens is 2. The van der Waals surface area contributed by atoms with Crippen molar-refractivity contribution in [2.45, 2.75) is 45.6 Å². The van der Waals surface area contributed by atoms with Crippen molar-refractivity contribution in [1.82, 2.24) is 9.78 Å². The molecule has 4 rings (SSSR count). The molecule has 0 amide bonds. The van der Waals surface area contributed by atoms with E-state index >= 15 is 0 Å². The van der Waals surface area contributed by atoms with Gasteiger partial charge in [0.25, 0.3) is 0 Å². The highest BCUT2D eigenvalue weighted by molar-refractivity contribution is 5.69. The molecule has 0 N–H and O–H groups in total. The second kappa shape index (κ2) is 6.27. The van der Waals surface area contributed by atoms with E-state index in [2.05, 4.69) is 73.1 Å². The summed E-state index contributed by atoms with van der Waals surface area (Å²) in [4.78, 5) is 0. The summed E-state index contributed by atoms with van der Waals surface area (Å²) in [6.07, 6.45) is 5.12. The third kappa shape index (κ3) is 2.89. The van der Waals surface area contributed by atoms with E-state index in [-0.39, 0.29) is 0 Å². The van der Waals surface area contributed by atoms with Crippen molar-refractivity contribution in [1.29, 1.82) is 0 Å². The maximum atomic E-state index is 5.01. The molecule has 1 aromatic heterocycles.